The van der Waals surface area contributed by atoms with Gasteiger partial charge in [0.2, 0.25) is 0 Å². The molecule has 1 heterocycles. The predicted molar refractivity (Wildman–Crippen MR) is 114 cm³/mol. The number of ether oxygens (including phenoxy) is 4. The van der Waals surface area contributed by atoms with Crippen molar-refractivity contribution in [3.05, 3.63) is 27.6 Å². The molecule has 1 aliphatic rings. The fourth-order valence-corrected chi connectivity index (χ4v) is 3.63. The lowest BCUT2D eigenvalue weighted by molar-refractivity contribution is -0.149. The molecule has 168 valence electrons. The first-order valence-corrected chi connectivity index (χ1v) is 10.5. The average molecular weight is 472 g/mol. The van der Waals surface area contributed by atoms with Crippen LogP contribution in [0.3, 0.4) is 0 Å². The van der Waals surface area contributed by atoms with E-state index in [1.54, 1.807) is 20.8 Å². The molecule has 0 saturated carbocycles. The summed E-state index contributed by atoms with van der Waals surface area (Å²) in [6.07, 6.45) is 1.09. The number of methoxy groups -OCH3 is 1. The van der Waals surface area contributed by atoms with E-state index in [1.807, 2.05) is 0 Å². The Morgan fingerprint density at radius 1 is 1.23 bits per heavy atom. The van der Waals surface area contributed by atoms with Gasteiger partial charge in [-0.2, -0.15) is 0 Å². The Balaban J connectivity index is 2.20. The number of nitrogens with zero attached hydrogens (tertiary/aromatic N) is 1. The summed E-state index contributed by atoms with van der Waals surface area (Å²) in [4.78, 5) is 49.0. The van der Waals surface area contributed by atoms with Crippen LogP contribution in [0.4, 0.5) is 4.79 Å². The van der Waals surface area contributed by atoms with Crippen LogP contribution in [0.15, 0.2) is 17.0 Å². The quantitative estimate of drug-likeness (QED) is 0.396. The molecule has 0 spiro atoms. The molecule has 31 heavy (non-hydrogen) atoms. The monoisotopic (exact) mass is 471 g/mol. The summed E-state index contributed by atoms with van der Waals surface area (Å²) in [5.74, 6) is -1.49. The Hall–Kier alpha value is -2.72. The van der Waals surface area contributed by atoms with E-state index >= 15 is 0 Å². The number of rotatable bonds is 9. The highest BCUT2D eigenvalue weighted by Gasteiger charge is 2.36. The van der Waals surface area contributed by atoms with E-state index in [0.29, 0.717) is 17.3 Å². The number of hydrogen-bond donors (Lipinski definition) is 0. The third kappa shape index (κ3) is 6.63. The van der Waals surface area contributed by atoms with Crippen LogP contribution in [0.5, 0.6) is 11.5 Å². The van der Waals surface area contributed by atoms with Crippen molar-refractivity contribution < 1.29 is 38.1 Å². The lowest BCUT2D eigenvalue weighted by Crippen LogP contribution is -2.35. The van der Waals surface area contributed by atoms with Gasteiger partial charge in [-0.25, -0.2) is 4.79 Å². The van der Waals surface area contributed by atoms with Crippen LogP contribution in [-0.2, 0) is 23.9 Å². The predicted octanol–water partition coefficient (Wildman–Crippen LogP) is 3.28. The van der Waals surface area contributed by atoms with Crippen molar-refractivity contribution in [3.8, 4) is 11.5 Å². The normalized spacial score (nSPS) is 14.9. The number of thioether (sulfide) groups is 1. The first kappa shape index (κ1) is 24.5. The minimum atomic E-state index is -0.675. The number of amides is 2. The van der Waals surface area contributed by atoms with Gasteiger partial charge in [0.25, 0.3) is 11.1 Å². The van der Waals surface area contributed by atoms with E-state index in [0.717, 1.165) is 4.90 Å². The largest absolute Gasteiger partial charge is 0.493 e. The standard InChI is InChI=1S/C20H22ClNO8S/c1-5-28-17(24)10-29-18-13(21)6-12(7-14(18)27-4)8-15-19(25)22(20(26)31-15)9-16(23)30-11(2)3/h6-8,11H,5,9-10H2,1-4H3/b15-8-. The molecule has 11 heteroatoms. The second kappa shape index (κ2) is 11.1. The Labute approximate surface area is 188 Å². The highest BCUT2D eigenvalue weighted by atomic mass is 35.5. The second-order valence-electron chi connectivity index (χ2n) is 6.43. The fourth-order valence-electron chi connectivity index (χ4n) is 2.51. The smallest absolute Gasteiger partial charge is 0.344 e. The molecule has 0 aliphatic carbocycles. The maximum Gasteiger partial charge on any atom is 0.344 e. The van der Waals surface area contributed by atoms with Gasteiger partial charge in [-0.05, 0) is 56.3 Å². The summed E-state index contributed by atoms with van der Waals surface area (Å²) in [7, 11) is 1.39. The maximum atomic E-state index is 12.6. The van der Waals surface area contributed by atoms with Gasteiger partial charge in [-0.3, -0.25) is 19.3 Å². The van der Waals surface area contributed by atoms with Gasteiger partial charge >= 0.3 is 11.9 Å². The molecule has 1 aromatic carbocycles. The SMILES string of the molecule is CCOC(=O)COc1c(Cl)cc(/C=C2\SC(=O)N(CC(=O)OC(C)C)C2=O)cc1OC. The Bertz CT molecular complexity index is 915. The highest BCUT2D eigenvalue weighted by molar-refractivity contribution is 8.18. The van der Waals surface area contributed by atoms with Crippen molar-refractivity contribution in [2.24, 2.45) is 0 Å². The molecular formula is C20H22ClNO8S. The van der Waals surface area contributed by atoms with Crippen molar-refractivity contribution in [2.45, 2.75) is 26.9 Å². The number of halogens is 1. The Kier molecular flexibility index (Phi) is 8.76. The topological polar surface area (TPSA) is 108 Å². The summed E-state index contributed by atoms with van der Waals surface area (Å²) in [5, 5.41) is -0.445. The van der Waals surface area contributed by atoms with Gasteiger partial charge in [0.15, 0.2) is 18.1 Å². The molecule has 2 rings (SSSR count). The Morgan fingerprint density at radius 3 is 2.55 bits per heavy atom. The minimum absolute atomic E-state index is 0.112. The number of carbonyl (C=O) groups excluding carboxylic acids is 4. The fraction of sp³-hybridized carbons (Fsp3) is 0.400. The van der Waals surface area contributed by atoms with E-state index in [4.69, 9.17) is 30.5 Å². The molecule has 0 unspecified atom stereocenters. The van der Waals surface area contributed by atoms with Gasteiger partial charge in [-0.15, -0.1) is 0 Å². The van der Waals surface area contributed by atoms with Crippen molar-refractivity contribution >= 4 is 52.5 Å². The number of imide groups is 1. The van der Waals surface area contributed by atoms with Crippen LogP contribution in [0.1, 0.15) is 26.3 Å². The molecule has 0 N–H and O–H groups in total. The molecule has 1 aliphatic heterocycles. The van der Waals surface area contributed by atoms with E-state index in [-0.39, 0.29) is 40.7 Å². The average Bonchev–Trinajstić information content (AvgIpc) is 2.93. The minimum Gasteiger partial charge on any atom is -0.493 e. The van der Waals surface area contributed by atoms with E-state index in [2.05, 4.69) is 0 Å². The molecule has 0 atom stereocenters. The molecule has 1 aromatic rings. The van der Waals surface area contributed by atoms with Crippen LogP contribution < -0.4 is 9.47 Å². The lowest BCUT2D eigenvalue weighted by atomic mass is 10.1. The number of carbonyl (C=O) groups is 4. The van der Waals surface area contributed by atoms with Crippen molar-refractivity contribution in [3.63, 3.8) is 0 Å². The van der Waals surface area contributed by atoms with Gasteiger partial charge in [-0.1, -0.05) is 11.6 Å². The second-order valence-corrected chi connectivity index (χ2v) is 7.83. The van der Waals surface area contributed by atoms with Crippen molar-refractivity contribution in [1.29, 1.82) is 0 Å². The molecule has 2 amide bonds. The van der Waals surface area contributed by atoms with Crippen LogP contribution in [-0.4, -0.2) is 61.0 Å². The van der Waals surface area contributed by atoms with Gasteiger partial charge in [0, 0.05) is 0 Å². The molecular weight excluding hydrogens is 450 g/mol. The van der Waals surface area contributed by atoms with Gasteiger partial charge in [0.05, 0.1) is 29.7 Å². The third-order valence-corrected chi connectivity index (χ3v) is 4.91. The number of benzene rings is 1. The zero-order valence-corrected chi connectivity index (χ0v) is 19.0. The van der Waals surface area contributed by atoms with E-state index < -0.39 is 29.6 Å². The summed E-state index contributed by atoms with van der Waals surface area (Å²) < 4.78 is 20.4. The summed E-state index contributed by atoms with van der Waals surface area (Å²) >= 11 is 6.95. The van der Waals surface area contributed by atoms with E-state index in [9.17, 15) is 19.2 Å². The number of hydrogen-bond acceptors (Lipinski definition) is 9. The highest BCUT2D eigenvalue weighted by Crippen LogP contribution is 2.39. The van der Waals surface area contributed by atoms with Crippen LogP contribution in [0, 0.1) is 0 Å². The summed E-state index contributed by atoms with van der Waals surface area (Å²) in [5.41, 5.74) is 0.459. The first-order chi connectivity index (χ1) is 14.7. The zero-order chi connectivity index (χ0) is 23.1. The van der Waals surface area contributed by atoms with Gasteiger partial charge < -0.3 is 18.9 Å². The summed E-state index contributed by atoms with van der Waals surface area (Å²) in [6.45, 7) is 4.41. The molecule has 0 bridgehead atoms. The van der Waals surface area contributed by atoms with Gasteiger partial charge in [0.1, 0.15) is 6.54 Å². The molecule has 0 aromatic heterocycles. The van der Waals surface area contributed by atoms with Crippen molar-refractivity contribution in [1.82, 2.24) is 4.90 Å². The van der Waals surface area contributed by atoms with E-state index in [1.165, 1.54) is 25.3 Å². The Morgan fingerprint density at radius 2 is 1.94 bits per heavy atom. The first-order valence-electron chi connectivity index (χ1n) is 9.27. The zero-order valence-electron chi connectivity index (χ0n) is 17.4. The number of esters is 2. The third-order valence-electron chi connectivity index (χ3n) is 3.72. The van der Waals surface area contributed by atoms with Crippen LogP contribution >= 0.6 is 23.4 Å². The van der Waals surface area contributed by atoms with Crippen LogP contribution in [0.25, 0.3) is 6.08 Å². The molecule has 1 fully saturated rings. The van der Waals surface area contributed by atoms with Crippen molar-refractivity contribution in [2.75, 3.05) is 26.9 Å². The maximum absolute atomic E-state index is 12.6. The van der Waals surface area contributed by atoms with Crippen LogP contribution in [0.2, 0.25) is 5.02 Å². The molecule has 1 saturated heterocycles. The molecule has 9 nitrogen and oxygen atoms in total. The molecule has 0 radical (unpaired) electrons. The summed E-state index contributed by atoms with van der Waals surface area (Å²) in [6, 6.07) is 3.03. The lowest BCUT2D eigenvalue weighted by Gasteiger charge is -2.13.